The largest absolute Gasteiger partial charge is 0.380 e. The summed E-state index contributed by atoms with van der Waals surface area (Å²) in [5, 5.41) is 3.64. The zero-order valence-corrected chi connectivity index (χ0v) is 12.0. The van der Waals surface area contributed by atoms with Gasteiger partial charge >= 0.3 is 0 Å². The van der Waals surface area contributed by atoms with Crippen LogP contribution in [0.25, 0.3) is 0 Å². The monoisotopic (exact) mass is 328 g/mol. The molecule has 0 atom stereocenters. The van der Waals surface area contributed by atoms with E-state index in [2.05, 4.69) is 26.2 Å². The van der Waals surface area contributed by atoms with Gasteiger partial charge in [-0.3, -0.25) is 0 Å². The third-order valence-electron chi connectivity index (χ3n) is 2.51. The molecule has 18 heavy (non-hydrogen) atoms. The Bertz CT molecular complexity index is 575. The number of aromatic nitrogens is 1. The number of halogens is 3. The highest BCUT2D eigenvalue weighted by Crippen LogP contribution is 2.19. The fourth-order valence-electron chi connectivity index (χ4n) is 1.53. The van der Waals surface area contributed by atoms with E-state index in [0.717, 1.165) is 15.9 Å². The van der Waals surface area contributed by atoms with Crippen LogP contribution in [0.4, 0.5) is 10.1 Å². The van der Waals surface area contributed by atoms with Gasteiger partial charge in [0.05, 0.1) is 11.9 Å². The molecule has 5 heteroatoms. The predicted molar refractivity (Wildman–Crippen MR) is 75.4 cm³/mol. The Morgan fingerprint density at radius 2 is 2.17 bits per heavy atom. The second-order valence-electron chi connectivity index (χ2n) is 3.92. The number of hydrogen-bond acceptors (Lipinski definition) is 2. The van der Waals surface area contributed by atoms with Crippen molar-refractivity contribution >= 4 is 33.2 Å². The molecule has 0 aliphatic carbocycles. The van der Waals surface area contributed by atoms with Crippen LogP contribution < -0.4 is 5.32 Å². The van der Waals surface area contributed by atoms with E-state index in [9.17, 15) is 4.39 Å². The van der Waals surface area contributed by atoms with E-state index >= 15 is 0 Å². The molecule has 0 unspecified atom stereocenters. The van der Waals surface area contributed by atoms with Gasteiger partial charge in [0.1, 0.15) is 10.4 Å². The average Bonchev–Trinajstić information content (AvgIpc) is 2.34. The van der Waals surface area contributed by atoms with Crippen LogP contribution in [0.3, 0.4) is 0 Å². The molecular formula is C13H11BrClFN2. The van der Waals surface area contributed by atoms with Crippen molar-refractivity contribution in [3.63, 3.8) is 0 Å². The third-order valence-corrected chi connectivity index (χ3v) is 3.57. The Labute approximate surface area is 118 Å². The Hall–Kier alpha value is -1.13. The molecule has 94 valence electrons. The van der Waals surface area contributed by atoms with Crippen LogP contribution in [-0.2, 0) is 6.54 Å². The van der Waals surface area contributed by atoms with Gasteiger partial charge in [0, 0.05) is 17.1 Å². The second-order valence-corrected chi connectivity index (χ2v) is 5.11. The zero-order valence-electron chi connectivity index (χ0n) is 9.67. The average molecular weight is 330 g/mol. The number of benzene rings is 1. The molecule has 2 aromatic rings. The maximum Gasteiger partial charge on any atom is 0.128 e. The van der Waals surface area contributed by atoms with Gasteiger partial charge in [-0.25, -0.2) is 9.37 Å². The molecule has 1 N–H and O–H groups in total. The predicted octanol–water partition coefficient (Wildman–Crippen LogP) is 4.56. The summed E-state index contributed by atoms with van der Waals surface area (Å²) in [6, 6.07) is 6.46. The Balaban J connectivity index is 2.11. The summed E-state index contributed by atoms with van der Waals surface area (Å²) in [5.41, 5.74) is 2.39. The van der Waals surface area contributed by atoms with Crippen molar-refractivity contribution in [1.29, 1.82) is 0 Å². The van der Waals surface area contributed by atoms with E-state index in [1.54, 1.807) is 12.3 Å². The summed E-state index contributed by atoms with van der Waals surface area (Å²) in [7, 11) is 0. The van der Waals surface area contributed by atoms with Crippen LogP contribution in [0.5, 0.6) is 0 Å². The molecule has 0 aliphatic rings. The molecule has 0 saturated heterocycles. The number of nitrogens with zero attached hydrogens (tertiary/aromatic N) is 1. The standard InChI is InChI=1S/C13H11BrClFN2/c1-8-4-11(7-18-13(8)14)17-6-9-5-10(15)2-3-12(9)16/h2-5,7,17H,6H2,1H3. The fraction of sp³-hybridized carbons (Fsp3) is 0.154. The molecule has 2 nitrogen and oxygen atoms in total. The van der Waals surface area contributed by atoms with Crippen LogP contribution in [0, 0.1) is 12.7 Å². The van der Waals surface area contributed by atoms with Crippen molar-refractivity contribution in [3.05, 3.63) is 57.0 Å². The lowest BCUT2D eigenvalue weighted by Gasteiger charge is -2.08. The first kappa shape index (κ1) is 13.3. The van der Waals surface area contributed by atoms with Crippen molar-refractivity contribution in [1.82, 2.24) is 4.98 Å². The lowest BCUT2D eigenvalue weighted by molar-refractivity contribution is 0.613. The molecule has 0 spiro atoms. The second kappa shape index (κ2) is 5.67. The van der Waals surface area contributed by atoms with Gasteiger partial charge in [-0.2, -0.15) is 0 Å². The van der Waals surface area contributed by atoms with E-state index in [-0.39, 0.29) is 5.82 Å². The van der Waals surface area contributed by atoms with Gasteiger partial charge in [0.25, 0.3) is 0 Å². The van der Waals surface area contributed by atoms with Crippen LogP contribution >= 0.6 is 27.5 Å². The molecule has 1 aromatic carbocycles. The van der Waals surface area contributed by atoms with Crippen molar-refractivity contribution in [2.45, 2.75) is 13.5 Å². The highest BCUT2D eigenvalue weighted by Gasteiger charge is 2.04. The smallest absolute Gasteiger partial charge is 0.128 e. The third kappa shape index (κ3) is 3.21. The lowest BCUT2D eigenvalue weighted by Crippen LogP contribution is -2.02. The molecule has 0 amide bonds. The van der Waals surface area contributed by atoms with Crippen molar-refractivity contribution in [3.8, 4) is 0 Å². The maximum atomic E-state index is 13.5. The quantitative estimate of drug-likeness (QED) is 0.835. The summed E-state index contributed by atoms with van der Waals surface area (Å²) < 4.78 is 14.3. The minimum Gasteiger partial charge on any atom is -0.380 e. The molecule has 1 heterocycles. The van der Waals surface area contributed by atoms with Gasteiger partial charge in [0.2, 0.25) is 0 Å². The highest BCUT2D eigenvalue weighted by atomic mass is 79.9. The van der Waals surface area contributed by atoms with Crippen molar-refractivity contribution in [2.75, 3.05) is 5.32 Å². The molecule has 1 aromatic heterocycles. The van der Waals surface area contributed by atoms with E-state index in [4.69, 9.17) is 11.6 Å². The van der Waals surface area contributed by atoms with Crippen LogP contribution in [0.1, 0.15) is 11.1 Å². The first-order chi connectivity index (χ1) is 8.56. The van der Waals surface area contributed by atoms with Crippen molar-refractivity contribution < 1.29 is 4.39 Å². The van der Waals surface area contributed by atoms with Gasteiger partial charge < -0.3 is 5.32 Å². The zero-order chi connectivity index (χ0) is 13.1. The fourth-order valence-corrected chi connectivity index (χ4v) is 1.94. The van der Waals surface area contributed by atoms with Crippen LogP contribution in [-0.4, -0.2) is 4.98 Å². The number of anilines is 1. The topological polar surface area (TPSA) is 24.9 Å². The maximum absolute atomic E-state index is 13.5. The van der Waals surface area contributed by atoms with Gasteiger partial charge in [0.15, 0.2) is 0 Å². The molecule has 0 fully saturated rings. The van der Waals surface area contributed by atoms with E-state index < -0.39 is 0 Å². The lowest BCUT2D eigenvalue weighted by atomic mass is 10.2. The van der Waals surface area contributed by atoms with Crippen LogP contribution in [0.15, 0.2) is 35.1 Å². The summed E-state index contributed by atoms with van der Waals surface area (Å²) in [4.78, 5) is 4.17. The summed E-state index contributed by atoms with van der Waals surface area (Å²) in [5.74, 6) is -0.270. The molecular weight excluding hydrogens is 319 g/mol. The Morgan fingerprint density at radius 3 is 2.89 bits per heavy atom. The molecule has 2 rings (SSSR count). The summed E-state index contributed by atoms with van der Waals surface area (Å²) in [6.45, 7) is 2.32. The first-order valence-electron chi connectivity index (χ1n) is 5.36. The number of nitrogens with one attached hydrogen (secondary N) is 1. The Kier molecular flexibility index (Phi) is 4.19. The SMILES string of the molecule is Cc1cc(NCc2cc(Cl)ccc2F)cnc1Br. The number of pyridine rings is 1. The molecule has 0 bridgehead atoms. The Morgan fingerprint density at radius 1 is 1.39 bits per heavy atom. The van der Waals surface area contributed by atoms with Gasteiger partial charge in [-0.15, -0.1) is 0 Å². The van der Waals surface area contributed by atoms with Gasteiger partial charge in [-0.1, -0.05) is 11.6 Å². The molecule has 0 saturated carbocycles. The minimum absolute atomic E-state index is 0.270. The van der Waals surface area contributed by atoms with E-state index in [0.29, 0.717) is 17.1 Å². The summed E-state index contributed by atoms with van der Waals surface area (Å²) in [6.07, 6.45) is 1.69. The van der Waals surface area contributed by atoms with E-state index in [1.165, 1.54) is 12.1 Å². The number of hydrogen-bond donors (Lipinski definition) is 1. The van der Waals surface area contributed by atoms with Gasteiger partial charge in [-0.05, 0) is 52.7 Å². The van der Waals surface area contributed by atoms with Crippen LogP contribution in [0.2, 0.25) is 5.02 Å². The molecule has 0 aliphatic heterocycles. The molecule has 0 radical (unpaired) electrons. The highest BCUT2D eigenvalue weighted by molar-refractivity contribution is 9.10. The normalized spacial score (nSPS) is 10.4. The van der Waals surface area contributed by atoms with Crippen molar-refractivity contribution in [2.24, 2.45) is 0 Å². The number of rotatable bonds is 3. The summed E-state index contributed by atoms with van der Waals surface area (Å²) >= 11 is 9.16. The van der Waals surface area contributed by atoms with E-state index in [1.807, 2.05) is 13.0 Å². The number of aryl methyl sites for hydroxylation is 1. The minimum atomic E-state index is -0.270. The first-order valence-corrected chi connectivity index (χ1v) is 6.53.